The predicted octanol–water partition coefficient (Wildman–Crippen LogP) is 4.56. The molecule has 5 heteroatoms. The first-order valence-electron chi connectivity index (χ1n) is 5.86. The molecule has 3 rings (SSSR count). The molecule has 0 bridgehead atoms. The number of hydrogen-bond acceptors (Lipinski definition) is 3. The van der Waals surface area contributed by atoms with Crippen LogP contribution in [0.4, 0.5) is 0 Å². The van der Waals surface area contributed by atoms with Crippen molar-refractivity contribution in [1.29, 1.82) is 0 Å². The SMILES string of the molecule is O=C(Cl)c1ccc2c(c1)SCc1cc(Cl)ccc1C2=O. The average molecular weight is 323 g/mol. The summed E-state index contributed by atoms with van der Waals surface area (Å²) in [5, 5.41) is 0.0883. The summed E-state index contributed by atoms with van der Waals surface area (Å²) in [7, 11) is 0. The number of carbonyl (C=O) groups excluding carboxylic acids is 2. The second kappa shape index (κ2) is 5.24. The fourth-order valence-electron chi connectivity index (χ4n) is 2.16. The highest BCUT2D eigenvalue weighted by Crippen LogP contribution is 2.35. The van der Waals surface area contributed by atoms with E-state index in [0.29, 0.717) is 27.5 Å². The van der Waals surface area contributed by atoms with Gasteiger partial charge in [-0.3, -0.25) is 9.59 Å². The van der Waals surface area contributed by atoms with Gasteiger partial charge in [0.2, 0.25) is 0 Å². The lowest BCUT2D eigenvalue weighted by Crippen LogP contribution is -2.04. The number of carbonyl (C=O) groups is 2. The highest BCUT2D eigenvalue weighted by Gasteiger charge is 2.22. The molecule has 0 amide bonds. The van der Waals surface area contributed by atoms with E-state index in [0.717, 1.165) is 10.5 Å². The number of thioether (sulfide) groups is 1. The Morgan fingerprint density at radius 3 is 2.60 bits per heavy atom. The number of ketones is 1. The fraction of sp³-hybridized carbons (Fsp3) is 0.0667. The molecule has 0 N–H and O–H groups in total. The van der Waals surface area contributed by atoms with Crippen molar-refractivity contribution in [3.05, 3.63) is 63.7 Å². The monoisotopic (exact) mass is 322 g/mol. The third-order valence-corrected chi connectivity index (χ3v) is 4.71. The molecule has 1 heterocycles. The third kappa shape index (κ3) is 2.37. The smallest absolute Gasteiger partial charge is 0.252 e. The van der Waals surface area contributed by atoms with Gasteiger partial charge in [0.25, 0.3) is 5.24 Å². The lowest BCUT2D eigenvalue weighted by Gasteiger charge is -2.05. The Bertz CT molecular complexity index is 741. The predicted molar refractivity (Wildman–Crippen MR) is 81.1 cm³/mol. The second-order valence-corrected chi connectivity index (χ2v) is 6.20. The maximum atomic E-state index is 12.5. The van der Waals surface area contributed by atoms with E-state index in [2.05, 4.69) is 0 Å². The first-order chi connectivity index (χ1) is 9.56. The van der Waals surface area contributed by atoms with Gasteiger partial charge in [0.15, 0.2) is 5.78 Å². The fourth-order valence-corrected chi connectivity index (χ4v) is 3.54. The van der Waals surface area contributed by atoms with Crippen LogP contribution in [0.25, 0.3) is 0 Å². The highest BCUT2D eigenvalue weighted by molar-refractivity contribution is 7.98. The zero-order valence-corrected chi connectivity index (χ0v) is 12.5. The Kier molecular flexibility index (Phi) is 3.59. The van der Waals surface area contributed by atoms with Gasteiger partial charge in [-0.15, -0.1) is 11.8 Å². The van der Waals surface area contributed by atoms with Crippen LogP contribution in [0.2, 0.25) is 5.02 Å². The van der Waals surface area contributed by atoms with Gasteiger partial charge in [0, 0.05) is 32.4 Å². The summed E-state index contributed by atoms with van der Waals surface area (Å²) in [6.07, 6.45) is 0. The molecule has 0 aromatic heterocycles. The van der Waals surface area contributed by atoms with E-state index in [-0.39, 0.29) is 5.78 Å². The second-order valence-electron chi connectivity index (χ2n) is 4.40. The Hall–Kier alpha value is -1.29. The minimum Gasteiger partial charge on any atom is -0.289 e. The summed E-state index contributed by atoms with van der Waals surface area (Å²) in [5.41, 5.74) is 2.56. The van der Waals surface area contributed by atoms with E-state index < -0.39 is 5.24 Å². The van der Waals surface area contributed by atoms with Crippen LogP contribution in [0.5, 0.6) is 0 Å². The van der Waals surface area contributed by atoms with Crippen LogP contribution >= 0.6 is 35.0 Å². The number of hydrogen-bond donors (Lipinski definition) is 0. The molecule has 100 valence electrons. The molecule has 0 saturated carbocycles. The Balaban J connectivity index is 2.14. The lowest BCUT2D eigenvalue weighted by atomic mass is 9.98. The summed E-state index contributed by atoms with van der Waals surface area (Å²) in [4.78, 5) is 24.5. The third-order valence-electron chi connectivity index (χ3n) is 3.15. The molecule has 0 spiro atoms. The van der Waals surface area contributed by atoms with Crippen molar-refractivity contribution in [3.8, 4) is 0 Å². The van der Waals surface area contributed by atoms with E-state index in [4.69, 9.17) is 23.2 Å². The Morgan fingerprint density at radius 2 is 1.85 bits per heavy atom. The van der Waals surface area contributed by atoms with Gasteiger partial charge in [-0.1, -0.05) is 11.6 Å². The quantitative estimate of drug-likeness (QED) is 0.722. The molecule has 1 aliphatic rings. The van der Waals surface area contributed by atoms with Gasteiger partial charge in [-0.25, -0.2) is 0 Å². The lowest BCUT2D eigenvalue weighted by molar-refractivity contribution is 0.103. The van der Waals surface area contributed by atoms with E-state index in [9.17, 15) is 9.59 Å². The van der Waals surface area contributed by atoms with Crippen molar-refractivity contribution >= 4 is 46.0 Å². The van der Waals surface area contributed by atoms with Crippen LogP contribution in [0.15, 0.2) is 41.3 Å². The van der Waals surface area contributed by atoms with Gasteiger partial charge in [0.1, 0.15) is 0 Å². The zero-order valence-electron chi connectivity index (χ0n) is 10.2. The average Bonchev–Trinajstić information content (AvgIpc) is 2.56. The largest absolute Gasteiger partial charge is 0.289 e. The van der Waals surface area contributed by atoms with E-state index in [1.807, 2.05) is 0 Å². The highest BCUT2D eigenvalue weighted by atomic mass is 35.5. The van der Waals surface area contributed by atoms with Crippen molar-refractivity contribution < 1.29 is 9.59 Å². The topological polar surface area (TPSA) is 34.1 Å². The summed E-state index contributed by atoms with van der Waals surface area (Å²) in [6, 6.07) is 10.2. The molecule has 0 unspecified atom stereocenters. The molecule has 0 atom stereocenters. The van der Waals surface area contributed by atoms with Crippen molar-refractivity contribution in [2.75, 3.05) is 0 Å². The molecule has 0 saturated heterocycles. The Morgan fingerprint density at radius 1 is 1.10 bits per heavy atom. The number of rotatable bonds is 1. The first kappa shape index (κ1) is 13.7. The molecular weight excluding hydrogens is 315 g/mol. The van der Waals surface area contributed by atoms with Gasteiger partial charge in [-0.2, -0.15) is 0 Å². The summed E-state index contributed by atoms with van der Waals surface area (Å²) in [5.74, 6) is 0.583. The minimum absolute atomic E-state index is 0.0507. The van der Waals surface area contributed by atoms with E-state index in [1.54, 1.807) is 36.4 Å². The molecule has 2 nitrogen and oxygen atoms in total. The zero-order chi connectivity index (χ0) is 14.3. The van der Waals surface area contributed by atoms with Gasteiger partial charge in [-0.05, 0) is 53.6 Å². The van der Waals surface area contributed by atoms with Gasteiger partial charge < -0.3 is 0 Å². The Labute approximate surface area is 130 Å². The van der Waals surface area contributed by atoms with Crippen molar-refractivity contribution in [3.63, 3.8) is 0 Å². The molecule has 20 heavy (non-hydrogen) atoms. The van der Waals surface area contributed by atoms with Crippen LogP contribution < -0.4 is 0 Å². The number of halogens is 2. The number of benzene rings is 2. The molecule has 0 aliphatic carbocycles. The number of fused-ring (bicyclic) bond motifs is 2. The van der Waals surface area contributed by atoms with Crippen molar-refractivity contribution in [2.24, 2.45) is 0 Å². The normalized spacial score (nSPS) is 13.4. The molecule has 0 fully saturated rings. The van der Waals surface area contributed by atoms with E-state index >= 15 is 0 Å². The van der Waals surface area contributed by atoms with Crippen LogP contribution in [0.1, 0.15) is 31.8 Å². The van der Waals surface area contributed by atoms with Crippen LogP contribution in [-0.4, -0.2) is 11.0 Å². The summed E-state index contributed by atoms with van der Waals surface area (Å²) < 4.78 is 0. The summed E-state index contributed by atoms with van der Waals surface area (Å²) in [6.45, 7) is 0. The standard InChI is InChI=1S/C15H8Cl2O2S/c16-10-2-4-11-9(5-10)7-20-13-6-8(15(17)19)1-3-12(13)14(11)18/h1-6H,7H2. The van der Waals surface area contributed by atoms with Crippen molar-refractivity contribution in [2.45, 2.75) is 10.6 Å². The van der Waals surface area contributed by atoms with Crippen LogP contribution in [0, 0.1) is 0 Å². The summed E-state index contributed by atoms with van der Waals surface area (Å²) >= 11 is 13.0. The van der Waals surface area contributed by atoms with Gasteiger partial charge in [0.05, 0.1) is 0 Å². The molecular formula is C15H8Cl2O2S. The minimum atomic E-state index is -0.523. The van der Waals surface area contributed by atoms with Crippen LogP contribution in [0.3, 0.4) is 0 Å². The van der Waals surface area contributed by atoms with Gasteiger partial charge >= 0.3 is 0 Å². The first-order valence-corrected chi connectivity index (χ1v) is 7.60. The van der Waals surface area contributed by atoms with Crippen molar-refractivity contribution in [1.82, 2.24) is 0 Å². The molecule has 1 aliphatic heterocycles. The maximum Gasteiger partial charge on any atom is 0.252 e. The molecule has 2 aromatic rings. The van der Waals surface area contributed by atoms with Crippen LogP contribution in [-0.2, 0) is 5.75 Å². The van der Waals surface area contributed by atoms with E-state index in [1.165, 1.54) is 11.8 Å². The maximum absolute atomic E-state index is 12.5. The molecule has 2 aromatic carbocycles. The molecule has 0 radical (unpaired) electrons.